The van der Waals surface area contributed by atoms with E-state index in [1.807, 2.05) is 0 Å². The molecule has 24 N–H and O–H groups in total. The molecule has 69 heavy (non-hydrogen) atoms. The van der Waals surface area contributed by atoms with Gasteiger partial charge in [-0.3, -0.25) is 48.3 Å². The number of hydrogen-bond donors (Lipinski definition) is 17. The predicted molar refractivity (Wildman–Crippen MR) is 256 cm³/mol. The first kappa shape index (κ1) is 62.6. The number of carbonyl (C=O) groups excluding carboxylic acids is 8. The lowest BCUT2D eigenvalue weighted by Gasteiger charge is -2.27. The van der Waals surface area contributed by atoms with Gasteiger partial charge in [0.05, 0.1) is 19.2 Å². The number of carboxylic acids is 1. The van der Waals surface area contributed by atoms with Crippen molar-refractivity contribution < 1.29 is 53.4 Å². The Hall–Kier alpha value is -6.39. The number of carboxylic acid groups (broad SMARTS) is 1. The lowest BCUT2D eigenvalue weighted by Crippen LogP contribution is -2.59. The summed E-state index contributed by atoms with van der Waals surface area (Å²) in [6.07, 6.45) is 2.85. The molecular formula is C41H79N17O11. The smallest absolute Gasteiger partial charge is 0.328 e. The molecule has 394 valence electrons. The lowest BCUT2D eigenvalue weighted by molar-refractivity contribution is -0.143. The first-order valence-electron chi connectivity index (χ1n) is 23.0. The maximum Gasteiger partial charge on any atom is 0.328 e. The summed E-state index contributed by atoms with van der Waals surface area (Å²) in [7, 11) is 0. The van der Waals surface area contributed by atoms with Gasteiger partial charge in [-0.25, -0.2) is 4.79 Å². The number of nitrogens with zero attached hydrogens (tertiary/aromatic N) is 2. The van der Waals surface area contributed by atoms with Crippen LogP contribution in [0.15, 0.2) is 9.98 Å². The second-order valence-corrected chi connectivity index (χ2v) is 16.8. The molecule has 0 saturated heterocycles. The topological polar surface area (TPSA) is 497 Å². The van der Waals surface area contributed by atoms with E-state index in [1.54, 1.807) is 13.8 Å². The highest BCUT2D eigenvalue weighted by Crippen LogP contribution is 2.10. The van der Waals surface area contributed by atoms with Crippen LogP contribution in [0.5, 0.6) is 0 Å². The summed E-state index contributed by atoms with van der Waals surface area (Å²) in [6, 6.07) is -10.2. The van der Waals surface area contributed by atoms with E-state index < -0.39 is 115 Å². The molecule has 0 rings (SSSR count). The molecule has 0 radical (unpaired) electrons. The molecule has 0 heterocycles. The van der Waals surface area contributed by atoms with Crippen LogP contribution in [0.4, 0.5) is 0 Å². The molecule has 0 saturated carbocycles. The SMILES string of the molecule is CC(C)C[C@H](NC(=O)[C@H](CCCN=C(N)N)NC(=O)[C@H](C)NC(=O)CNC(=O)[C@@H](N)CCCCN)C(=O)N[C@@H](C)C(=O)N[C@@H](CCCCN)C(=O)N[C@@H](CCCN=C(N)N)C(=O)N[C@@H](CO)C(=O)O. The van der Waals surface area contributed by atoms with Gasteiger partial charge in [-0.05, 0) is 97.1 Å². The molecule has 28 nitrogen and oxygen atoms in total. The first-order valence-corrected chi connectivity index (χ1v) is 23.0. The summed E-state index contributed by atoms with van der Waals surface area (Å²) in [5.41, 5.74) is 38.6. The Morgan fingerprint density at radius 3 is 1.30 bits per heavy atom. The third-order valence-corrected chi connectivity index (χ3v) is 10.1. The minimum atomic E-state index is -1.68. The number of hydrogen-bond acceptors (Lipinski definition) is 15. The molecule has 0 unspecified atom stereocenters. The average molecular weight is 986 g/mol. The largest absolute Gasteiger partial charge is 0.480 e. The molecule has 0 spiro atoms. The summed E-state index contributed by atoms with van der Waals surface area (Å²) in [5.74, 6) is -8.33. The van der Waals surface area contributed by atoms with E-state index >= 15 is 0 Å². The van der Waals surface area contributed by atoms with Gasteiger partial charge in [-0.1, -0.05) is 20.3 Å². The molecule has 0 aromatic heterocycles. The third-order valence-electron chi connectivity index (χ3n) is 10.1. The quantitative estimate of drug-likeness (QED) is 0.0158. The van der Waals surface area contributed by atoms with Crippen molar-refractivity contribution in [3.63, 3.8) is 0 Å². The Bertz CT molecular complexity index is 1730. The van der Waals surface area contributed by atoms with E-state index in [1.165, 1.54) is 13.8 Å². The van der Waals surface area contributed by atoms with Crippen molar-refractivity contribution in [3.05, 3.63) is 0 Å². The maximum atomic E-state index is 13.8. The van der Waals surface area contributed by atoms with Crippen molar-refractivity contribution in [3.8, 4) is 0 Å². The number of nitrogens with one attached hydrogen (secondary N) is 8. The summed E-state index contributed by atoms with van der Waals surface area (Å²) in [5, 5.41) is 38.7. The van der Waals surface area contributed by atoms with Crippen LogP contribution in [0.2, 0.25) is 0 Å². The number of aliphatic hydroxyl groups is 1. The highest BCUT2D eigenvalue weighted by Gasteiger charge is 2.33. The fourth-order valence-corrected chi connectivity index (χ4v) is 6.28. The maximum absolute atomic E-state index is 13.8. The van der Waals surface area contributed by atoms with Crippen molar-refractivity contribution in [2.45, 2.75) is 147 Å². The molecule has 0 aliphatic carbocycles. The van der Waals surface area contributed by atoms with Crippen molar-refractivity contribution in [2.75, 3.05) is 39.3 Å². The normalized spacial score (nSPS) is 14.4. The van der Waals surface area contributed by atoms with Crippen LogP contribution in [0, 0.1) is 5.92 Å². The number of unbranched alkanes of at least 4 members (excludes halogenated alkanes) is 2. The highest BCUT2D eigenvalue weighted by molar-refractivity contribution is 5.97. The standard InChI is InChI=1S/C41H79N17O11/c1-22(2)19-29(57-36(65)27(13-9-17-49-40(45)46)55-32(61)23(3)52-31(60)20-51-34(63)25(44)11-5-7-15-42)38(67)53-24(4)33(62)54-26(12-6-8-16-43)35(64)56-28(14-10-18-50-41(47)48)37(66)58-30(21-59)39(68)69/h22-30,59H,5-21,42-44H2,1-4H3,(H,51,63)(H,52,60)(H,53,67)(H,54,62)(H,55,61)(H,56,64)(H,57,65)(H,58,66)(H,68,69)(H4,45,46,49)(H4,47,48,50)/t23-,24-,25-,26-,27-,28-,29-,30-/m0/s1. The molecule has 0 aliphatic rings. The zero-order chi connectivity index (χ0) is 52.6. The lowest BCUT2D eigenvalue weighted by atomic mass is 10.0. The van der Waals surface area contributed by atoms with Crippen LogP contribution in [-0.4, -0.2) is 163 Å². The van der Waals surface area contributed by atoms with Crippen molar-refractivity contribution in [1.29, 1.82) is 0 Å². The van der Waals surface area contributed by atoms with E-state index in [9.17, 15) is 53.4 Å². The van der Waals surface area contributed by atoms with Crippen LogP contribution in [0.1, 0.15) is 98.3 Å². The molecule has 8 amide bonds. The fraction of sp³-hybridized carbons (Fsp3) is 0.732. The van der Waals surface area contributed by atoms with Crippen molar-refractivity contribution >= 4 is 65.1 Å². The van der Waals surface area contributed by atoms with Gasteiger partial charge in [-0.15, -0.1) is 0 Å². The molecule has 8 atom stereocenters. The number of nitrogens with two attached hydrogens (primary N) is 7. The number of amides is 8. The predicted octanol–water partition coefficient (Wildman–Crippen LogP) is -6.65. The zero-order valence-corrected chi connectivity index (χ0v) is 40.2. The summed E-state index contributed by atoms with van der Waals surface area (Å²) >= 11 is 0. The first-order chi connectivity index (χ1) is 32.5. The summed E-state index contributed by atoms with van der Waals surface area (Å²) < 4.78 is 0. The minimum absolute atomic E-state index is 0.0179. The summed E-state index contributed by atoms with van der Waals surface area (Å²) in [6.45, 7) is 5.69. The van der Waals surface area contributed by atoms with Gasteiger partial charge in [0.2, 0.25) is 47.3 Å². The molecular weight excluding hydrogens is 907 g/mol. The van der Waals surface area contributed by atoms with Gasteiger partial charge >= 0.3 is 5.97 Å². The van der Waals surface area contributed by atoms with E-state index in [4.69, 9.17) is 40.1 Å². The summed E-state index contributed by atoms with van der Waals surface area (Å²) in [4.78, 5) is 126. The Morgan fingerprint density at radius 1 is 0.493 bits per heavy atom. The Labute approximate surface area is 402 Å². The molecule has 0 aliphatic heterocycles. The van der Waals surface area contributed by atoms with E-state index in [0.717, 1.165) is 0 Å². The number of carbonyl (C=O) groups is 9. The van der Waals surface area contributed by atoms with Gasteiger partial charge < -0.3 is 92.9 Å². The Balaban J connectivity index is 6.15. The van der Waals surface area contributed by atoms with Crippen LogP contribution in [-0.2, 0) is 43.2 Å². The van der Waals surface area contributed by atoms with Gasteiger partial charge in [0.1, 0.15) is 42.3 Å². The Morgan fingerprint density at radius 2 is 0.884 bits per heavy atom. The zero-order valence-electron chi connectivity index (χ0n) is 40.2. The molecule has 0 bridgehead atoms. The number of guanidine groups is 2. The Kier molecular flexibility index (Phi) is 31.6. The van der Waals surface area contributed by atoms with Gasteiger partial charge in [0.15, 0.2) is 11.9 Å². The van der Waals surface area contributed by atoms with Crippen LogP contribution in [0.3, 0.4) is 0 Å². The number of rotatable bonds is 36. The van der Waals surface area contributed by atoms with Crippen molar-refractivity contribution in [1.82, 2.24) is 42.5 Å². The highest BCUT2D eigenvalue weighted by atomic mass is 16.4. The minimum Gasteiger partial charge on any atom is -0.480 e. The van der Waals surface area contributed by atoms with E-state index in [2.05, 4.69) is 52.5 Å². The molecule has 0 aromatic rings. The van der Waals surface area contributed by atoms with E-state index in [0.29, 0.717) is 38.6 Å². The van der Waals surface area contributed by atoms with Crippen LogP contribution >= 0.6 is 0 Å². The second kappa shape index (κ2) is 34.8. The number of aliphatic imine (C=N–C) groups is 2. The second-order valence-electron chi connectivity index (χ2n) is 16.8. The monoisotopic (exact) mass is 986 g/mol. The van der Waals surface area contributed by atoms with Crippen molar-refractivity contribution in [2.24, 2.45) is 56.0 Å². The number of aliphatic hydroxyl groups excluding tert-OH is 1. The molecule has 0 fully saturated rings. The fourth-order valence-electron chi connectivity index (χ4n) is 6.28. The van der Waals surface area contributed by atoms with E-state index in [-0.39, 0.29) is 76.0 Å². The third kappa shape index (κ3) is 27.9. The van der Waals surface area contributed by atoms with Crippen LogP contribution < -0.4 is 82.7 Å². The average Bonchev–Trinajstić information content (AvgIpc) is 3.27. The number of aliphatic carboxylic acids is 1. The molecule has 28 heteroatoms. The molecule has 0 aromatic carbocycles. The van der Waals surface area contributed by atoms with Gasteiger partial charge in [0, 0.05) is 13.1 Å². The van der Waals surface area contributed by atoms with Crippen LogP contribution in [0.25, 0.3) is 0 Å². The van der Waals surface area contributed by atoms with Gasteiger partial charge in [0.25, 0.3) is 0 Å². The van der Waals surface area contributed by atoms with Gasteiger partial charge in [-0.2, -0.15) is 0 Å².